The first-order valence-corrected chi connectivity index (χ1v) is 9.82. The third-order valence-corrected chi connectivity index (χ3v) is 4.97. The van der Waals surface area contributed by atoms with Crippen LogP contribution in [0.25, 0.3) is 16.9 Å². The van der Waals surface area contributed by atoms with Gasteiger partial charge in [0.1, 0.15) is 0 Å². The third kappa shape index (κ3) is 3.97. The molecular weight excluding hydrogens is 330 g/mol. The van der Waals surface area contributed by atoms with Crippen LogP contribution in [0.2, 0.25) is 0 Å². The van der Waals surface area contributed by atoms with Crippen LogP contribution in [0, 0.1) is 0 Å². The molecule has 1 aromatic carbocycles. The molecule has 0 unspecified atom stereocenters. The highest BCUT2D eigenvalue weighted by molar-refractivity contribution is 5.64. The lowest BCUT2D eigenvalue weighted by Crippen LogP contribution is -2.17. The Balaban J connectivity index is 2.04. The van der Waals surface area contributed by atoms with Crippen LogP contribution in [-0.4, -0.2) is 14.5 Å². The van der Waals surface area contributed by atoms with Crippen molar-refractivity contribution in [3.63, 3.8) is 0 Å². The lowest BCUT2D eigenvalue weighted by molar-refractivity contribution is 0.554. The van der Waals surface area contributed by atoms with Gasteiger partial charge >= 0.3 is 0 Å². The third-order valence-electron chi connectivity index (χ3n) is 4.97. The molecule has 0 saturated heterocycles. The Kier molecular flexibility index (Phi) is 5.23. The van der Waals surface area contributed by atoms with Crippen molar-refractivity contribution in [1.82, 2.24) is 14.5 Å². The molecule has 0 radical (unpaired) electrons. The molecule has 0 bridgehead atoms. The number of rotatable bonds is 4. The fourth-order valence-electron chi connectivity index (χ4n) is 3.51. The van der Waals surface area contributed by atoms with Crippen molar-refractivity contribution < 1.29 is 0 Å². The molecule has 0 aliphatic heterocycles. The normalized spacial score (nSPS) is 12.2. The van der Waals surface area contributed by atoms with Gasteiger partial charge in [-0.15, -0.1) is 0 Å². The van der Waals surface area contributed by atoms with Crippen LogP contribution in [0.4, 0.5) is 0 Å². The summed E-state index contributed by atoms with van der Waals surface area (Å²) in [5.74, 6) is 0.892. The van der Waals surface area contributed by atoms with E-state index in [9.17, 15) is 0 Å². The van der Waals surface area contributed by atoms with Crippen LogP contribution < -0.4 is 0 Å². The average molecular weight is 362 g/mol. The molecule has 0 N–H and O–H groups in total. The van der Waals surface area contributed by atoms with Crippen LogP contribution >= 0.6 is 0 Å². The number of aromatic nitrogens is 3. The molecule has 0 amide bonds. The fourth-order valence-corrected chi connectivity index (χ4v) is 3.51. The molecule has 3 aromatic rings. The molecule has 3 nitrogen and oxygen atoms in total. The summed E-state index contributed by atoms with van der Waals surface area (Å²) in [5, 5.41) is 0. The highest BCUT2D eigenvalue weighted by atomic mass is 15.0. The number of nitrogens with zero attached hydrogens (tertiary/aromatic N) is 3. The van der Waals surface area contributed by atoms with Gasteiger partial charge in [-0.25, -0.2) is 4.98 Å². The minimum atomic E-state index is 0.0361. The molecular formula is C24H31N3. The largest absolute Gasteiger partial charge is 0.304 e. The van der Waals surface area contributed by atoms with Crippen LogP contribution in [0.15, 0.2) is 49.1 Å². The van der Waals surface area contributed by atoms with Gasteiger partial charge in [0.05, 0.1) is 23.9 Å². The maximum absolute atomic E-state index is 4.83. The molecule has 3 rings (SSSR count). The van der Waals surface area contributed by atoms with Crippen molar-refractivity contribution in [2.24, 2.45) is 0 Å². The van der Waals surface area contributed by atoms with E-state index in [-0.39, 0.29) is 5.41 Å². The lowest BCUT2D eigenvalue weighted by Gasteiger charge is -2.24. The molecule has 0 atom stereocenters. The Hall–Kier alpha value is -2.42. The van der Waals surface area contributed by atoms with Gasteiger partial charge in [-0.05, 0) is 29.0 Å². The van der Waals surface area contributed by atoms with Crippen molar-refractivity contribution in [2.75, 3.05) is 0 Å². The van der Waals surface area contributed by atoms with Gasteiger partial charge < -0.3 is 4.57 Å². The van der Waals surface area contributed by atoms with Gasteiger partial charge in [-0.1, -0.05) is 72.7 Å². The van der Waals surface area contributed by atoms with Gasteiger partial charge in [0, 0.05) is 22.9 Å². The molecule has 2 heterocycles. The van der Waals surface area contributed by atoms with Crippen molar-refractivity contribution >= 4 is 0 Å². The average Bonchev–Trinajstić information content (AvgIpc) is 3.10. The number of pyridine rings is 1. The molecule has 0 fully saturated rings. The fraction of sp³-hybridized carbons (Fsp3) is 0.417. The summed E-state index contributed by atoms with van der Waals surface area (Å²) in [6, 6.07) is 10.8. The van der Waals surface area contributed by atoms with Crippen LogP contribution in [0.1, 0.15) is 77.1 Å². The molecule has 0 aliphatic carbocycles. The zero-order valence-electron chi connectivity index (χ0n) is 17.6. The predicted octanol–water partition coefficient (Wildman–Crippen LogP) is 6.48. The minimum Gasteiger partial charge on any atom is -0.304 e. The van der Waals surface area contributed by atoms with Crippen molar-refractivity contribution in [3.8, 4) is 16.9 Å². The van der Waals surface area contributed by atoms with E-state index < -0.39 is 0 Å². The maximum atomic E-state index is 4.83. The van der Waals surface area contributed by atoms with Crippen molar-refractivity contribution in [1.29, 1.82) is 0 Å². The van der Waals surface area contributed by atoms with E-state index in [4.69, 9.17) is 4.98 Å². The summed E-state index contributed by atoms with van der Waals surface area (Å²) in [6.45, 7) is 15.6. The Morgan fingerprint density at radius 1 is 0.889 bits per heavy atom. The minimum absolute atomic E-state index is 0.0361. The van der Waals surface area contributed by atoms with E-state index >= 15 is 0 Å². The predicted molar refractivity (Wildman–Crippen MR) is 114 cm³/mol. The van der Waals surface area contributed by atoms with Gasteiger partial charge in [-0.2, -0.15) is 0 Å². The van der Waals surface area contributed by atoms with E-state index in [1.807, 2.05) is 12.5 Å². The first-order chi connectivity index (χ1) is 12.7. The zero-order valence-corrected chi connectivity index (χ0v) is 17.6. The van der Waals surface area contributed by atoms with Crippen LogP contribution in [-0.2, 0) is 5.41 Å². The molecule has 3 heteroatoms. The van der Waals surface area contributed by atoms with E-state index in [0.717, 1.165) is 11.4 Å². The Morgan fingerprint density at radius 3 is 2.19 bits per heavy atom. The molecule has 27 heavy (non-hydrogen) atoms. The number of hydrogen-bond acceptors (Lipinski definition) is 2. The smallest absolute Gasteiger partial charge is 0.1000 e. The van der Waals surface area contributed by atoms with E-state index in [0.29, 0.717) is 11.8 Å². The van der Waals surface area contributed by atoms with E-state index in [2.05, 4.69) is 94.5 Å². The zero-order chi connectivity index (χ0) is 19.8. The molecule has 0 saturated carbocycles. The number of benzene rings is 1. The molecule has 0 aliphatic rings. The molecule has 0 spiro atoms. The quantitative estimate of drug-likeness (QED) is 0.532. The first-order valence-electron chi connectivity index (χ1n) is 9.82. The standard InChI is InChI=1S/C24H31N3/c1-16(2)19-10-8-9-11-20(19)22-14-27(15-26-22)18-12-21(17(3)4)23(25-13-18)24(5,6)7/h8-17H,1-7H3. The number of imidazole rings is 1. The monoisotopic (exact) mass is 361 g/mol. The Bertz CT molecular complexity index is 927. The number of hydrogen-bond donors (Lipinski definition) is 0. The van der Waals surface area contributed by atoms with E-state index in [1.54, 1.807) is 0 Å². The highest BCUT2D eigenvalue weighted by Crippen LogP contribution is 2.31. The van der Waals surface area contributed by atoms with Gasteiger partial charge in [0.2, 0.25) is 0 Å². The SMILES string of the molecule is CC(C)c1ccccc1-c1cn(-c2cnc(C(C)(C)C)c(C(C)C)c2)cn1. The summed E-state index contributed by atoms with van der Waals surface area (Å²) >= 11 is 0. The summed E-state index contributed by atoms with van der Waals surface area (Å²) in [4.78, 5) is 9.51. The first kappa shape index (κ1) is 19.3. The topological polar surface area (TPSA) is 30.7 Å². The summed E-state index contributed by atoms with van der Waals surface area (Å²) in [5.41, 5.74) is 7.11. The van der Waals surface area contributed by atoms with Gasteiger partial charge in [0.15, 0.2) is 0 Å². The highest BCUT2D eigenvalue weighted by Gasteiger charge is 2.22. The van der Waals surface area contributed by atoms with Crippen LogP contribution in [0.5, 0.6) is 0 Å². The molecule has 2 aromatic heterocycles. The van der Waals surface area contributed by atoms with Gasteiger partial charge in [0.25, 0.3) is 0 Å². The summed E-state index contributed by atoms with van der Waals surface area (Å²) < 4.78 is 2.08. The summed E-state index contributed by atoms with van der Waals surface area (Å²) in [6.07, 6.45) is 5.97. The second kappa shape index (κ2) is 7.30. The van der Waals surface area contributed by atoms with Crippen molar-refractivity contribution in [2.45, 2.75) is 65.7 Å². The Labute approximate surface area is 163 Å². The Morgan fingerprint density at radius 2 is 1.56 bits per heavy atom. The second-order valence-electron chi connectivity index (χ2n) is 8.94. The second-order valence-corrected chi connectivity index (χ2v) is 8.94. The van der Waals surface area contributed by atoms with E-state index in [1.165, 1.54) is 22.4 Å². The van der Waals surface area contributed by atoms with Gasteiger partial charge in [-0.3, -0.25) is 4.98 Å². The maximum Gasteiger partial charge on any atom is 0.1000 e. The summed E-state index contributed by atoms with van der Waals surface area (Å²) in [7, 11) is 0. The van der Waals surface area contributed by atoms with Crippen LogP contribution in [0.3, 0.4) is 0 Å². The molecule has 142 valence electrons. The van der Waals surface area contributed by atoms with Crippen molar-refractivity contribution in [3.05, 3.63) is 65.9 Å². The lowest BCUT2D eigenvalue weighted by atomic mass is 9.85.